The lowest BCUT2D eigenvalue weighted by atomic mass is 10.2. The van der Waals surface area contributed by atoms with Crippen molar-refractivity contribution >= 4 is 39.5 Å². The second-order valence-corrected chi connectivity index (χ2v) is 5.74. The molecule has 7 heteroatoms. The summed E-state index contributed by atoms with van der Waals surface area (Å²) >= 11 is 7.23. The number of thiophene rings is 1. The van der Waals surface area contributed by atoms with E-state index in [0.717, 1.165) is 10.4 Å². The summed E-state index contributed by atoms with van der Waals surface area (Å²) in [5, 5.41) is 12.4. The fraction of sp³-hybridized carbons (Fsp3) is 0.154. The van der Waals surface area contributed by atoms with Crippen molar-refractivity contribution in [2.45, 2.75) is 13.8 Å². The maximum absolute atomic E-state index is 12.2. The predicted octanol–water partition coefficient (Wildman–Crippen LogP) is 3.12. The third-order valence-electron chi connectivity index (χ3n) is 2.83. The van der Waals surface area contributed by atoms with E-state index in [0.29, 0.717) is 16.3 Å². The number of amides is 1. The number of nitrogens with one attached hydrogen (secondary N) is 1. The number of carbonyl (C=O) groups is 1. The van der Waals surface area contributed by atoms with E-state index in [9.17, 15) is 4.79 Å². The number of nitrogens with two attached hydrogens (primary N) is 1. The Bertz CT molecular complexity index is 733. The van der Waals surface area contributed by atoms with E-state index >= 15 is 0 Å². The molecule has 0 saturated heterocycles. The van der Waals surface area contributed by atoms with Gasteiger partial charge in [-0.05, 0) is 25.5 Å². The number of pyridine rings is 1. The van der Waals surface area contributed by atoms with E-state index in [1.165, 1.54) is 23.6 Å². The maximum Gasteiger partial charge on any atom is 0.259 e. The Morgan fingerprint density at radius 2 is 2.25 bits per heavy atom. The molecule has 0 aliphatic heterocycles. The lowest BCUT2D eigenvalue weighted by Gasteiger charge is -2.05. The number of rotatable bonds is 2. The van der Waals surface area contributed by atoms with Crippen LogP contribution in [0, 0.1) is 25.2 Å². The van der Waals surface area contributed by atoms with Crippen LogP contribution in [0.1, 0.15) is 26.4 Å². The quantitative estimate of drug-likeness (QED) is 0.834. The zero-order chi connectivity index (χ0) is 14.9. The molecule has 2 heterocycles. The lowest BCUT2D eigenvalue weighted by Crippen LogP contribution is -2.13. The first-order chi connectivity index (χ1) is 9.43. The molecule has 5 nitrogen and oxygen atoms in total. The number of aromatic nitrogens is 1. The Morgan fingerprint density at radius 3 is 2.90 bits per heavy atom. The van der Waals surface area contributed by atoms with Gasteiger partial charge >= 0.3 is 0 Å². The zero-order valence-corrected chi connectivity index (χ0v) is 12.4. The van der Waals surface area contributed by atoms with Gasteiger partial charge in [-0.3, -0.25) is 4.79 Å². The molecule has 0 aliphatic carbocycles. The molecule has 0 atom stereocenters. The highest BCUT2D eigenvalue weighted by Crippen LogP contribution is 2.32. The van der Waals surface area contributed by atoms with Crippen molar-refractivity contribution < 1.29 is 4.79 Å². The van der Waals surface area contributed by atoms with Crippen LogP contribution < -0.4 is 11.1 Å². The van der Waals surface area contributed by atoms with Crippen molar-refractivity contribution in [2.24, 2.45) is 0 Å². The van der Waals surface area contributed by atoms with Crippen molar-refractivity contribution in [3.05, 3.63) is 39.0 Å². The molecule has 2 rings (SSSR count). The number of anilines is 2. The van der Waals surface area contributed by atoms with E-state index in [1.807, 2.05) is 13.8 Å². The molecule has 2 aromatic rings. The summed E-state index contributed by atoms with van der Waals surface area (Å²) in [5.41, 5.74) is 7.45. The number of nitrogen functional groups attached to an aromatic ring is 1. The van der Waals surface area contributed by atoms with Crippen LogP contribution in [-0.4, -0.2) is 10.9 Å². The van der Waals surface area contributed by atoms with Crippen LogP contribution in [0.15, 0.2) is 12.3 Å². The van der Waals surface area contributed by atoms with Crippen LogP contribution in [0.5, 0.6) is 0 Å². The van der Waals surface area contributed by atoms with Crippen LogP contribution in [0.4, 0.5) is 10.7 Å². The van der Waals surface area contributed by atoms with Gasteiger partial charge in [-0.1, -0.05) is 11.6 Å². The minimum absolute atomic E-state index is 0.0696. The third kappa shape index (κ3) is 2.59. The predicted molar refractivity (Wildman–Crippen MR) is 80.1 cm³/mol. The van der Waals surface area contributed by atoms with Crippen molar-refractivity contribution in [3.63, 3.8) is 0 Å². The molecular weight excluding hydrogens is 296 g/mol. The number of hydrogen-bond acceptors (Lipinski definition) is 5. The first kappa shape index (κ1) is 14.3. The molecule has 3 N–H and O–H groups in total. The second kappa shape index (κ2) is 5.49. The van der Waals surface area contributed by atoms with Crippen LogP contribution in [0.25, 0.3) is 0 Å². The van der Waals surface area contributed by atoms with E-state index in [4.69, 9.17) is 22.6 Å². The average molecular weight is 307 g/mol. The Hall–Kier alpha value is -2.10. The Morgan fingerprint density at radius 1 is 1.55 bits per heavy atom. The molecule has 102 valence electrons. The SMILES string of the molecule is Cc1sc(NC(=O)c2cc(N)cnc2Cl)c(C#N)c1C. The van der Waals surface area contributed by atoms with Gasteiger partial charge in [0.25, 0.3) is 5.91 Å². The van der Waals surface area contributed by atoms with Gasteiger partial charge in [-0.15, -0.1) is 11.3 Å². The van der Waals surface area contributed by atoms with Crippen molar-refractivity contribution in [3.8, 4) is 6.07 Å². The van der Waals surface area contributed by atoms with Gasteiger partial charge in [0.05, 0.1) is 23.0 Å². The third-order valence-corrected chi connectivity index (χ3v) is 4.25. The summed E-state index contributed by atoms with van der Waals surface area (Å²) in [6, 6.07) is 3.54. The van der Waals surface area contributed by atoms with Gasteiger partial charge in [0.15, 0.2) is 0 Å². The van der Waals surface area contributed by atoms with Gasteiger partial charge < -0.3 is 11.1 Å². The van der Waals surface area contributed by atoms with Crippen LogP contribution >= 0.6 is 22.9 Å². The first-order valence-electron chi connectivity index (χ1n) is 5.66. The summed E-state index contributed by atoms with van der Waals surface area (Å²) in [5.74, 6) is -0.437. The van der Waals surface area contributed by atoms with E-state index in [-0.39, 0.29) is 10.7 Å². The van der Waals surface area contributed by atoms with Gasteiger partial charge in [0, 0.05) is 4.88 Å². The molecular formula is C13H11ClN4OS. The Balaban J connectivity index is 2.36. The minimum Gasteiger partial charge on any atom is -0.397 e. The van der Waals surface area contributed by atoms with Gasteiger partial charge in [0.2, 0.25) is 0 Å². The highest BCUT2D eigenvalue weighted by atomic mass is 35.5. The smallest absolute Gasteiger partial charge is 0.259 e. The highest BCUT2D eigenvalue weighted by molar-refractivity contribution is 7.16. The van der Waals surface area contributed by atoms with Crippen molar-refractivity contribution in [1.82, 2.24) is 4.98 Å². The minimum atomic E-state index is -0.437. The van der Waals surface area contributed by atoms with Crippen molar-refractivity contribution in [2.75, 3.05) is 11.1 Å². The van der Waals surface area contributed by atoms with E-state index < -0.39 is 5.91 Å². The van der Waals surface area contributed by atoms with Crippen LogP contribution in [-0.2, 0) is 0 Å². The van der Waals surface area contributed by atoms with Gasteiger partial charge in [-0.25, -0.2) is 4.98 Å². The summed E-state index contributed by atoms with van der Waals surface area (Å²) in [4.78, 5) is 17.0. The molecule has 0 bridgehead atoms. The number of halogens is 1. The number of nitriles is 1. The summed E-state index contributed by atoms with van der Waals surface area (Å²) in [6.07, 6.45) is 1.37. The Kier molecular flexibility index (Phi) is 3.93. The number of aryl methyl sites for hydroxylation is 1. The van der Waals surface area contributed by atoms with Crippen LogP contribution in [0.2, 0.25) is 5.15 Å². The molecule has 1 amide bonds. The fourth-order valence-electron chi connectivity index (χ4n) is 1.64. The van der Waals surface area contributed by atoms with Gasteiger partial charge in [-0.2, -0.15) is 5.26 Å². The first-order valence-corrected chi connectivity index (χ1v) is 6.86. The molecule has 0 aromatic carbocycles. The molecule has 0 saturated carbocycles. The van der Waals surface area contributed by atoms with Crippen molar-refractivity contribution in [1.29, 1.82) is 5.26 Å². The fourth-order valence-corrected chi connectivity index (χ4v) is 2.84. The topological polar surface area (TPSA) is 91.8 Å². The molecule has 2 aromatic heterocycles. The second-order valence-electron chi connectivity index (χ2n) is 4.16. The number of nitrogens with zero attached hydrogens (tertiary/aromatic N) is 2. The maximum atomic E-state index is 12.2. The summed E-state index contributed by atoms with van der Waals surface area (Å²) < 4.78 is 0. The molecule has 0 unspecified atom stereocenters. The molecule has 0 fully saturated rings. The molecule has 0 radical (unpaired) electrons. The van der Waals surface area contributed by atoms with E-state index in [1.54, 1.807) is 0 Å². The number of hydrogen-bond donors (Lipinski definition) is 2. The van der Waals surface area contributed by atoms with Gasteiger partial charge in [0.1, 0.15) is 16.2 Å². The average Bonchev–Trinajstić information content (AvgIpc) is 2.67. The number of carbonyl (C=O) groups excluding carboxylic acids is 1. The zero-order valence-electron chi connectivity index (χ0n) is 10.8. The van der Waals surface area contributed by atoms with E-state index in [2.05, 4.69) is 16.4 Å². The Labute approximate surface area is 125 Å². The molecule has 0 spiro atoms. The standard InChI is InChI=1S/C13H11ClN4OS/c1-6-7(2)20-13(10(6)4-15)18-12(19)9-3-8(16)5-17-11(9)14/h3,5H,16H2,1-2H3,(H,18,19). The van der Waals surface area contributed by atoms with Crippen LogP contribution in [0.3, 0.4) is 0 Å². The summed E-state index contributed by atoms with van der Waals surface area (Å²) in [7, 11) is 0. The normalized spacial score (nSPS) is 10.1. The largest absolute Gasteiger partial charge is 0.397 e. The lowest BCUT2D eigenvalue weighted by molar-refractivity contribution is 0.102. The molecule has 20 heavy (non-hydrogen) atoms. The monoisotopic (exact) mass is 306 g/mol. The highest BCUT2D eigenvalue weighted by Gasteiger charge is 2.17. The summed E-state index contributed by atoms with van der Waals surface area (Å²) in [6.45, 7) is 3.74. The molecule has 0 aliphatic rings.